The average Bonchev–Trinajstić information content (AvgIpc) is 3.06. The Morgan fingerprint density at radius 3 is 2.58 bits per heavy atom. The van der Waals surface area contributed by atoms with E-state index in [4.69, 9.17) is 27.7 Å². The second kappa shape index (κ2) is 7.03. The molecule has 0 spiro atoms. The minimum atomic E-state index is -0.215. The number of halogens is 2. The maximum absolute atomic E-state index is 12.4. The van der Waals surface area contributed by atoms with Gasteiger partial charge in [0.05, 0.1) is 16.6 Å². The van der Waals surface area contributed by atoms with Gasteiger partial charge < -0.3 is 9.42 Å². The predicted octanol–water partition coefficient (Wildman–Crippen LogP) is 4.32. The van der Waals surface area contributed by atoms with Gasteiger partial charge in [-0.25, -0.2) is 0 Å². The highest BCUT2D eigenvalue weighted by Gasteiger charge is 2.17. The van der Waals surface area contributed by atoms with Gasteiger partial charge in [0, 0.05) is 18.2 Å². The number of carbonyl (C=O) groups excluding carboxylic acids is 1. The molecule has 0 saturated heterocycles. The molecular weight excluding hydrogens is 349 g/mol. The number of carbonyl (C=O) groups is 1. The van der Waals surface area contributed by atoms with E-state index < -0.39 is 0 Å². The molecule has 1 aromatic heterocycles. The van der Waals surface area contributed by atoms with Gasteiger partial charge >= 0.3 is 0 Å². The summed E-state index contributed by atoms with van der Waals surface area (Å²) in [6.45, 7) is 0.193. The summed E-state index contributed by atoms with van der Waals surface area (Å²) in [4.78, 5) is 18.2. The van der Waals surface area contributed by atoms with Crippen molar-refractivity contribution in [3.05, 3.63) is 70.0 Å². The number of amides is 1. The second-order valence-electron chi connectivity index (χ2n) is 5.17. The quantitative estimate of drug-likeness (QED) is 0.694. The third-order valence-electron chi connectivity index (χ3n) is 3.39. The average molecular weight is 362 g/mol. The van der Waals surface area contributed by atoms with Gasteiger partial charge in [0.25, 0.3) is 5.91 Å². The molecule has 0 radical (unpaired) electrons. The molecule has 0 N–H and O–H groups in total. The van der Waals surface area contributed by atoms with Crippen molar-refractivity contribution < 1.29 is 9.32 Å². The Morgan fingerprint density at radius 1 is 1.12 bits per heavy atom. The molecule has 0 aliphatic carbocycles. The van der Waals surface area contributed by atoms with E-state index in [9.17, 15) is 4.79 Å². The predicted molar refractivity (Wildman–Crippen MR) is 92.0 cm³/mol. The smallest absolute Gasteiger partial charge is 0.254 e. The zero-order chi connectivity index (χ0) is 17.1. The van der Waals surface area contributed by atoms with Crippen LogP contribution in [0.15, 0.2) is 53.1 Å². The first kappa shape index (κ1) is 16.5. The van der Waals surface area contributed by atoms with Crippen LogP contribution in [0.1, 0.15) is 16.2 Å². The summed E-state index contributed by atoms with van der Waals surface area (Å²) in [6.07, 6.45) is 0. The lowest BCUT2D eigenvalue weighted by Gasteiger charge is -2.15. The van der Waals surface area contributed by atoms with Crippen molar-refractivity contribution in [2.24, 2.45) is 0 Å². The highest BCUT2D eigenvalue weighted by molar-refractivity contribution is 6.42. The molecule has 0 unspecified atom stereocenters. The van der Waals surface area contributed by atoms with Gasteiger partial charge in [0.15, 0.2) is 0 Å². The van der Waals surface area contributed by atoms with Crippen LogP contribution in [0, 0.1) is 0 Å². The number of hydrogen-bond donors (Lipinski definition) is 0. The van der Waals surface area contributed by atoms with Gasteiger partial charge in [0.1, 0.15) is 0 Å². The fourth-order valence-electron chi connectivity index (χ4n) is 2.15. The third-order valence-corrected chi connectivity index (χ3v) is 4.12. The third kappa shape index (κ3) is 3.58. The first-order valence-corrected chi connectivity index (χ1v) is 7.88. The van der Waals surface area contributed by atoms with Crippen LogP contribution in [-0.4, -0.2) is 28.0 Å². The van der Waals surface area contributed by atoms with Crippen molar-refractivity contribution in [2.75, 3.05) is 7.05 Å². The second-order valence-corrected chi connectivity index (χ2v) is 5.98. The van der Waals surface area contributed by atoms with Crippen molar-refractivity contribution in [3.63, 3.8) is 0 Å². The fourth-order valence-corrected chi connectivity index (χ4v) is 2.45. The SMILES string of the molecule is CN(Cc1nc(-c2ccccc2)no1)C(=O)c1ccc(Cl)c(Cl)c1. The Labute approximate surface area is 148 Å². The number of rotatable bonds is 4. The molecule has 3 aromatic rings. The molecule has 0 fully saturated rings. The Hall–Kier alpha value is -2.37. The first-order chi connectivity index (χ1) is 11.5. The van der Waals surface area contributed by atoms with E-state index in [1.807, 2.05) is 30.3 Å². The van der Waals surface area contributed by atoms with E-state index in [-0.39, 0.29) is 12.5 Å². The van der Waals surface area contributed by atoms with Crippen LogP contribution in [0.5, 0.6) is 0 Å². The van der Waals surface area contributed by atoms with Gasteiger partial charge in [-0.3, -0.25) is 4.79 Å². The highest BCUT2D eigenvalue weighted by atomic mass is 35.5. The molecule has 5 nitrogen and oxygen atoms in total. The molecular formula is C17H13Cl2N3O2. The number of nitrogens with zero attached hydrogens (tertiary/aromatic N) is 3. The van der Waals surface area contributed by atoms with E-state index in [2.05, 4.69) is 10.1 Å². The molecule has 0 aliphatic heterocycles. The van der Waals surface area contributed by atoms with E-state index in [1.54, 1.807) is 19.2 Å². The van der Waals surface area contributed by atoms with Crippen LogP contribution in [0.25, 0.3) is 11.4 Å². The fraction of sp³-hybridized carbons (Fsp3) is 0.118. The van der Waals surface area contributed by atoms with Crippen molar-refractivity contribution in [1.82, 2.24) is 15.0 Å². The van der Waals surface area contributed by atoms with Crippen molar-refractivity contribution in [2.45, 2.75) is 6.54 Å². The molecule has 7 heteroatoms. The van der Waals surface area contributed by atoms with E-state index in [0.29, 0.717) is 27.3 Å². The van der Waals surface area contributed by atoms with Crippen molar-refractivity contribution in [3.8, 4) is 11.4 Å². The summed E-state index contributed by atoms with van der Waals surface area (Å²) < 4.78 is 5.22. The zero-order valence-corrected chi connectivity index (χ0v) is 14.3. The lowest BCUT2D eigenvalue weighted by atomic mass is 10.2. The van der Waals surface area contributed by atoms with E-state index in [0.717, 1.165) is 5.56 Å². The molecule has 0 aliphatic rings. The Bertz CT molecular complexity index is 865. The first-order valence-electron chi connectivity index (χ1n) is 7.13. The van der Waals surface area contributed by atoms with Gasteiger partial charge in [-0.2, -0.15) is 4.98 Å². The molecule has 0 saturated carbocycles. The topological polar surface area (TPSA) is 59.2 Å². The van der Waals surface area contributed by atoms with Crippen LogP contribution in [0.2, 0.25) is 10.0 Å². The maximum atomic E-state index is 12.4. The summed E-state index contributed by atoms with van der Waals surface area (Å²) in [7, 11) is 1.65. The van der Waals surface area contributed by atoms with Crippen LogP contribution in [-0.2, 0) is 6.54 Å². The van der Waals surface area contributed by atoms with Gasteiger partial charge in [0.2, 0.25) is 11.7 Å². The molecule has 3 rings (SSSR count). The van der Waals surface area contributed by atoms with Crippen LogP contribution in [0.4, 0.5) is 0 Å². The van der Waals surface area contributed by atoms with Gasteiger partial charge in [-0.1, -0.05) is 58.7 Å². The molecule has 2 aromatic carbocycles. The monoisotopic (exact) mass is 361 g/mol. The molecule has 1 amide bonds. The zero-order valence-electron chi connectivity index (χ0n) is 12.7. The summed E-state index contributed by atoms with van der Waals surface area (Å²) in [5.74, 6) is 0.624. The van der Waals surface area contributed by atoms with E-state index >= 15 is 0 Å². The number of aromatic nitrogens is 2. The molecule has 0 atom stereocenters. The Kier molecular flexibility index (Phi) is 4.83. The standard InChI is InChI=1S/C17H13Cl2N3O2/c1-22(17(23)12-7-8-13(18)14(19)9-12)10-15-20-16(21-24-15)11-5-3-2-4-6-11/h2-9H,10H2,1H3. The lowest BCUT2D eigenvalue weighted by molar-refractivity contribution is 0.0769. The largest absolute Gasteiger partial charge is 0.337 e. The van der Waals surface area contributed by atoms with Crippen molar-refractivity contribution >= 4 is 29.1 Å². The summed E-state index contributed by atoms with van der Waals surface area (Å²) in [5, 5.41) is 4.67. The van der Waals surface area contributed by atoms with Crippen LogP contribution < -0.4 is 0 Å². The summed E-state index contributed by atoms with van der Waals surface area (Å²) in [5.41, 5.74) is 1.29. The van der Waals surface area contributed by atoms with Crippen molar-refractivity contribution in [1.29, 1.82) is 0 Å². The van der Waals surface area contributed by atoms with Crippen LogP contribution in [0.3, 0.4) is 0 Å². The normalized spacial score (nSPS) is 10.6. The van der Waals surface area contributed by atoms with Gasteiger partial charge in [-0.15, -0.1) is 0 Å². The van der Waals surface area contributed by atoms with E-state index in [1.165, 1.54) is 11.0 Å². The molecule has 1 heterocycles. The molecule has 0 bridgehead atoms. The maximum Gasteiger partial charge on any atom is 0.254 e. The number of benzene rings is 2. The van der Waals surface area contributed by atoms with Crippen LogP contribution >= 0.6 is 23.2 Å². The Morgan fingerprint density at radius 2 is 1.88 bits per heavy atom. The minimum Gasteiger partial charge on any atom is -0.337 e. The minimum absolute atomic E-state index is 0.193. The number of hydrogen-bond acceptors (Lipinski definition) is 4. The summed E-state index contributed by atoms with van der Waals surface area (Å²) in [6, 6.07) is 14.2. The molecule has 122 valence electrons. The molecule has 24 heavy (non-hydrogen) atoms. The Balaban J connectivity index is 1.72. The highest BCUT2D eigenvalue weighted by Crippen LogP contribution is 2.23. The lowest BCUT2D eigenvalue weighted by Crippen LogP contribution is -2.26. The summed E-state index contributed by atoms with van der Waals surface area (Å²) >= 11 is 11.8. The van der Waals surface area contributed by atoms with Gasteiger partial charge in [-0.05, 0) is 18.2 Å².